The van der Waals surface area contributed by atoms with Crippen LogP contribution < -0.4 is 10.6 Å². The fraction of sp³-hybridized carbons (Fsp3) is 0.800. The quantitative estimate of drug-likeness (QED) is 0.490. The maximum absolute atomic E-state index is 11.2. The topological polar surface area (TPSA) is 70.7 Å². The number of urea groups is 1. The van der Waals surface area contributed by atoms with Crippen LogP contribution in [0.5, 0.6) is 0 Å². The minimum absolute atomic E-state index is 0.148. The molecule has 94 valence electrons. The van der Waals surface area contributed by atoms with Gasteiger partial charge in [0.1, 0.15) is 6.04 Å². The third kappa shape index (κ3) is 6.23. The number of nitrogens with one attached hydrogen (secondary N) is 2. The number of esters is 1. The summed E-state index contributed by atoms with van der Waals surface area (Å²) in [4.78, 5) is 23.8. The Balaban J connectivity index is 3.58. The molecule has 1 atom stereocenters. The van der Waals surface area contributed by atoms with Crippen LogP contribution in [0.15, 0.2) is 0 Å². The second kappa shape index (κ2) is 7.92. The number of ether oxygens (including phenoxy) is 1. The monoisotopic (exact) mass is 231 g/mol. The standard InChI is InChI=1S/C10H21N3O3/c1-5-16-9(14)8(2)11-6-7-12-10(15)13(3)4/h8,11H,5-7H2,1-4H3,(H,12,15). The van der Waals surface area contributed by atoms with Gasteiger partial charge < -0.3 is 20.3 Å². The van der Waals surface area contributed by atoms with Crippen molar-refractivity contribution in [1.82, 2.24) is 15.5 Å². The average molecular weight is 231 g/mol. The first-order chi connectivity index (χ1) is 7.49. The lowest BCUT2D eigenvalue weighted by Crippen LogP contribution is -2.42. The summed E-state index contributed by atoms with van der Waals surface area (Å²) in [7, 11) is 3.34. The number of hydrogen-bond donors (Lipinski definition) is 2. The van der Waals surface area contributed by atoms with E-state index in [0.717, 1.165) is 0 Å². The molecular weight excluding hydrogens is 210 g/mol. The van der Waals surface area contributed by atoms with E-state index in [9.17, 15) is 9.59 Å². The zero-order valence-electron chi connectivity index (χ0n) is 10.4. The van der Waals surface area contributed by atoms with Crippen molar-refractivity contribution in [2.45, 2.75) is 19.9 Å². The highest BCUT2D eigenvalue weighted by Crippen LogP contribution is 1.86. The number of nitrogens with zero attached hydrogens (tertiary/aromatic N) is 1. The summed E-state index contributed by atoms with van der Waals surface area (Å²) in [6.45, 7) is 4.87. The SMILES string of the molecule is CCOC(=O)C(C)NCCNC(=O)N(C)C. The molecule has 0 saturated carbocycles. The molecule has 0 aliphatic rings. The molecule has 0 aliphatic heterocycles. The molecule has 0 aromatic carbocycles. The van der Waals surface area contributed by atoms with Crippen LogP contribution in [0.3, 0.4) is 0 Å². The predicted molar refractivity (Wildman–Crippen MR) is 61.2 cm³/mol. The van der Waals surface area contributed by atoms with E-state index >= 15 is 0 Å². The van der Waals surface area contributed by atoms with Crippen molar-refractivity contribution in [3.63, 3.8) is 0 Å². The molecule has 1 unspecified atom stereocenters. The van der Waals surface area contributed by atoms with Gasteiger partial charge in [-0.05, 0) is 13.8 Å². The summed E-state index contributed by atoms with van der Waals surface area (Å²) < 4.78 is 4.82. The highest BCUT2D eigenvalue weighted by atomic mass is 16.5. The molecule has 6 heteroatoms. The van der Waals surface area contributed by atoms with Crippen molar-refractivity contribution in [3.8, 4) is 0 Å². The molecule has 0 saturated heterocycles. The first kappa shape index (κ1) is 14.7. The zero-order valence-corrected chi connectivity index (χ0v) is 10.4. The minimum Gasteiger partial charge on any atom is -0.465 e. The van der Waals surface area contributed by atoms with Crippen molar-refractivity contribution in [2.75, 3.05) is 33.8 Å². The molecule has 0 aromatic heterocycles. The van der Waals surface area contributed by atoms with E-state index in [1.807, 2.05) is 0 Å². The van der Waals surface area contributed by atoms with Crippen molar-refractivity contribution in [2.24, 2.45) is 0 Å². The fourth-order valence-electron chi connectivity index (χ4n) is 0.967. The predicted octanol–water partition coefficient (Wildman–Crippen LogP) is -0.201. The van der Waals surface area contributed by atoms with Crippen LogP contribution >= 0.6 is 0 Å². The average Bonchev–Trinajstić information content (AvgIpc) is 2.23. The minimum atomic E-state index is -0.351. The first-order valence-corrected chi connectivity index (χ1v) is 5.34. The highest BCUT2D eigenvalue weighted by Gasteiger charge is 2.12. The summed E-state index contributed by atoms with van der Waals surface area (Å²) in [5.41, 5.74) is 0. The maximum Gasteiger partial charge on any atom is 0.322 e. The van der Waals surface area contributed by atoms with Crippen LogP contribution in [-0.2, 0) is 9.53 Å². The Hall–Kier alpha value is -1.30. The van der Waals surface area contributed by atoms with Crippen LogP contribution in [0.25, 0.3) is 0 Å². The number of carbonyl (C=O) groups is 2. The number of rotatable bonds is 6. The van der Waals surface area contributed by atoms with E-state index < -0.39 is 0 Å². The molecule has 0 aliphatic carbocycles. The van der Waals surface area contributed by atoms with Gasteiger partial charge in [-0.3, -0.25) is 4.79 Å². The largest absolute Gasteiger partial charge is 0.465 e. The smallest absolute Gasteiger partial charge is 0.322 e. The Morgan fingerprint density at radius 1 is 1.31 bits per heavy atom. The summed E-state index contributed by atoms with van der Waals surface area (Å²) in [5.74, 6) is -0.276. The van der Waals surface area contributed by atoms with Gasteiger partial charge in [-0.15, -0.1) is 0 Å². The molecule has 2 N–H and O–H groups in total. The van der Waals surface area contributed by atoms with E-state index in [0.29, 0.717) is 19.7 Å². The summed E-state index contributed by atoms with van der Waals surface area (Å²) >= 11 is 0. The molecule has 0 aromatic rings. The van der Waals surface area contributed by atoms with E-state index in [-0.39, 0.29) is 18.0 Å². The maximum atomic E-state index is 11.2. The zero-order chi connectivity index (χ0) is 12.6. The highest BCUT2D eigenvalue weighted by molar-refractivity contribution is 5.75. The van der Waals surface area contributed by atoms with Gasteiger partial charge in [-0.25, -0.2) is 4.79 Å². The molecule has 16 heavy (non-hydrogen) atoms. The molecule has 6 nitrogen and oxygen atoms in total. The van der Waals surface area contributed by atoms with Crippen molar-refractivity contribution >= 4 is 12.0 Å². The van der Waals surface area contributed by atoms with E-state index in [2.05, 4.69) is 10.6 Å². The Kier molecular flexibility index (Phi) is 7.28. The fourth-order valence-corrected chi connectivity index (χ4v) is 0.967. The molecule has 0 bridgehead atoms. The molecule has 0 rings (SSSR count). The second-order valence-electron chi connectivity index (χ2n) is 3.55. The third-order valence-electron chi connectivity index (χ3n) is 1.90. The van der Waals surface area contributed by atoms with Crippen LogP contribution in [0.4, 0.5) is 4.79 Å². The molecule has 0 heterocycles. The van der Waals surface area contributed by atoms with Crippen LogP contribution in [0, 0.1) is 0 Å². The normalized spacial score (nSPS) is 11.8. The van der Waals surface area contributed by atoms with Crippen molar-refractivity contribution in [3.05, 3.63) is 0 Å². The Morgan fingerprint density at radius 2 is 1.94 bits per heavy atom. The van der Waals surface area contributed by atoms with E-state index in [1.54, 1.807) is 27.9 Å². The summed E-state index contributed by atoms with van der Waals surface area (Å²) in [6.07, 6.45) is 0. The third-order valence-corrected chi connectivity index (χ3v) is 1.90. The van der Waals surface area contributed by atoms with Gasteiger partial charge in [0.25, 0.3) is 0 Å². The van der Waals surface area contributed by atoms with Crippen LogP contribution in [-0.4, -0.2) is 56.7 Å². The first-order valence-electron chi connectivity index (χ1n) is 5.34. The Morgan fingerprint density at radius 3 is 2.44 bits per heavy atom. The number of amides is 2. The molecular formula is C10H21N3O3. The van der Waals surface area contributed by atoms with E-state index in [4.69, 9.17) is 4.74 Å². The Labute approximate surface area is 96.3 Å². The Bertz CT molecular complexity index is 231. The number of carbonyl (C=O) groups excluding carboxylic acids is 2. The van der Waals surface area contributed by atoms with Gasteiger partial charge in [-0.1, -0.05) is 0 Å². The van der Waals surface area contributed by atoms with Crippen molar-refractivity contribution < 1.29 is 14.3 Å². The van der Waals surface area contributed by atoms with Gasteiger partial charge >= 0.3 is 12.0 Å². The molecule has 0 radical (unpaired) electrons. The second-order valence-corrected chi connectivity index (χ2v) is 3.55. The van der Waals surface area contributed by atoms with Gasteiger partial charge in [-0.2, -0.15) is 0 Å². The van der Waals surface area contributed by atoms with Gasteiger partial charge in [0, 0.05) is 27.2 Å². The molecule has 0 fully saturated rings. The summed E-state index contributed by atoms with van der Waals surface area (Å²) in [6, 6.07) is -0.498. The lowest BCUT2D eigenvalue weighted by Gasteiger charge is -2.14. The van der Waals surface area contributed by atoms with Crippen molar-refractivity contribution in [1.29, 1.82) is 0 Å². The van der Waals surface area contributed by atoms with Crippen LogP contribution in [0.1, 0.15) is 13.8 Å². The number of hydrogen-bond acceptors (Lipinski definition) is 4. The molecule has 2 amide bonds. The lowest BCUT2D eigenvalue weighted by molar-refractivity contribution is -0.145. The lowest BCUT2D eigenvalue weighted by atomic mass is 10.3. The van der Waals surface area contributed by atoms with Crippen LogP contribution in [0.2, 0.25) is 0 Å². The molecule has 0 spiro atoms. The van der Waals surface area contributed by atoms with Gasteiger partial charge in [0.05, 0.1) is 6.61 Å². The summed E-state index contributed by atoms with van der Waals surface area (Å²) in [5, 5.41) is 5.63. The van der Waals surface area contributed by atoms with Gasteiger partial charge in [0.15, 0.2) is 0 Å². The van der Waals surface area contributed by atoms with Gasteiger partial charge in [0.2, 0.25) is 0 Å². The van der Waals surface area contributed by atoms with E-state index in [1.165, 1.54) is 4.90 Å².